The Hall–Kier alpha value is -0.300. The number of likely N-dealkylation sites (tertiary alicyclic amines) is 1. The zero-order valence-electron chi connectivity index (χ0n) is 6.64. The molecule has 0 saturated carbocycles. The molecule has 2 rings (SSSR count). The van der Waals surface area contributed by atoms with Crippen LogP contribution in [0, 0.1) is 5.41 Å². The van der Waals surface area contributed by atoms with Crippen LogP contribution in [0.5, 0.6) is 0 Å². The summed E-state index contributed by atoms with van der Waals surface area (Å²) < 4.78 is 0. The van der Waals surface area contributed by atoms with Crippen molar-refractivity contribution in [2.24, 2.45) is 5.41 Å². The standard InChI is InChI=1S/C9H15N/c1-10-7-9(8-10)5-3-2-4-6-9/h2-3H,4-8H2,1H3. The van der Waals surface area contributed by atoms with Crippen LogP contribution in [0.3, 0.4) is 0 Å². The van der Waals surface area contributed by atoms with Gasteiger partial charge in [-0.3, -0.25) is 0 Å². The topological polar surface area (TPSA) is 3.24 Å². The first-order chi connectivity index (χ1) is 4.81. The summed E-state index contributed by atoms with van der Waals surface area (Å²) in [7, 11) is 2.21. The molecule has 1 nitrogen and oxygen atoms in total. The summed E-state index contributed by atoms with van der Waals surface area (Å²) in [6.07, 6.45) is 8.75. The third kappa shape index (κ3) is 0.891. The maximum Gasteiger partial charge on any atom is 0.00505 e. The van der Waals surface area contributed by atoms with Crippen molar-refractivity contribution >= 4 is 0 Å². The third-order valence-electron chi connectivity index (χ3n) is 2.77. The molecule has 0 aromatic rings. The minimum Gasteiger partial charge on any atom is -0.305 e. The monoisotopic (exact) mass is 137 g/mol. The Balaban J connectivity index is 1.98. The first-order valence-corrected chi connectivity index (χ1v) is 4.14. The quantitative estimate of drug-likeness (QED) is 0.459. The number of hydrogen-bond donors (Lipinski definition) is 0. The third-order valence-corrected chi connectivity index (χ3v) is 2.77. The van der Waals surface area contributed by atoms with Crippen LogP contribution in [0.15, 0.2) is 12.2 Å². The van der Waals surface area contributed by atoms with E-state index in [1.54, 1.807) is 0 Å². The molecule has 0 bridgehead atoms. The average Bonchev–Trinajstić information content (AvgIpc) is 1.87. The van der Waals surface area contributed by atoms with Crippen LogP contribution in [0.25, 0.3) is 0 Å². The van der Waals surface area contributed by atoms with Crippen molar-refractivity contribution in [2.45, 2.75) is 19.3 Å². The van der Waals surface area contributed by atoms with E-state index in [4.69, 9.17) is 0 Å². The van der Waals surface area contributed by atoms with Crippen LogP contribution in [-0.2, 0) is 0 Å². The van der Waals surface area contributed by atoms with Gasteiger partial charge >= 0.3 is 0 Å². The van der Waals surface area contributed by atoms with E-state index in [9.17, 15) is 0 Å². The maximum atomic E-state index is 2.42. The summed E-state index contributed by atoms with van der Waals surface area (Å²) in [5.41, 5.74) is 0.712. The highest BCUT2D eigenvalue weighted by Crippen LogP contribution is 2.40. The fraction of sp³-hybridized carbons (Fsp3) is 0.778. The Labute approximate surface area is 62.7 Å². The van der Waals surface area contributed by atoms with Gasteiger partial charge in [0.1, 0.15) is 0 Å². The largest absolute Gasteiger partial charge is 0.305 e. The highest BCUT2D eigenvalue weighted by Gasteiger charge is 2.39. The lowest BCUT2D eigenvalue weighted by Gasteiger charge is -2.49. The molecule has 0 radical (unpaired) electrons. The zero-order chi connectivity index (χ0) is 7.03. The first-order valence-electron chi connectivity index (χ1n) is 4.14. The van der Waals surface area contributed by atoms with E-state index in [1.165, 1.54) is 32.4 Å². The van der Waals surface area contributed by atoms with Gasteiger partial charge in [-0.15, -0.1) is 0 Å². The molecule has 0 aromatic heterocycles. The number of hydrogen-bond acceptors (Lipinski definition) is 1. The van der Waals surface area contributed by atoms with Gasteiger partial charge in [0.05, 0.1) is 0 Å². The van der Waals surface area contributed by atoms with E-state index in [0.717, 1.165) is 0 Å². The molecule has 0 aromatic carbocycles. The molecule has 1 aliphatic carbocycles. The molecule has 0 unspecified atom stereocenters. The average molecular weight is 137 g/mol. The van der Waals surface area contributed by atoms with Crippen molar-refractivity contribution in [2.75, 3.05) is 20.1 Å². The Morgan fingerprint density at radius 1 is 1.30 bits per heavy atom. The van der Waals surface area contributed by atoms with Gasteiger partial charge in [0.15, 0.2) is 0 Å². The van der Waals surface area contributed by atoms with E-state index in [2.05, 4.69) is 24.1 Å². The number of nitrogens with zero attached hydrogens (tertiary/aromatic N) is 1. The maximum absolute atomic E-state index is 2.42. The van der Waals surface area contributed by atoms with Crippen molar-refractivity contribution in [3.63, 3.8) is 0 Å². The fourth-order valence-corrected chi connectivity index (χ4v) is 2.33. The molecule has 1 aliphatic heterocycles. The van der Waals surface area contributed by atoms with E-state index in [1.807, 2.05) is 0 Å². The molecule has 1 spiro atoms. The second-order valence-corrected chi connectivity index (χ2v) is 3.89. The second kappa shape index (κ2) is 2.09. The molecule has 1 saturated heterocycles. The molecule has 10 heavy (non-hydrogen) atoms. The predicted octanol–water partition coefficient (Wildman–Crippen LogP) is 1.66. The Kier molecular flexibility index (Phi) is 1.34. The van der Waals surface area contributed by atoms with Crippen LogP contribution in [0.1, 0.15) is 19.3 Å². The van der Waals surface area contributed by atoms with Crippen LogP contribution < -0.4 is 0 Å². The van der Waals surface area contributed by atoms with Crippen molar-refractivity contribution in [3.05, 3.63) is 12.2 Å². The molecule has 1 heterocycles. The summed E-state index contributed by atoms with van der Waals surface area (Å²) >= 11 is 0. The lowest BCUT2D eigenvalue weighted by molar-refractivity contribution is 0.0146. The summed E-state index contributed by atoms with van der Waals surface area (Å²) in [5.74, 6) is 0. The molecular weight excluding hydrogens is 122 g/mol. The van der Waals surface area contributed by atoms with E-state index in [-0.39, 0.29) is 0 Å². The molecular formula is C9H15N. The van der Waals surface area contributed by atoms with E-state index >= 15 is 0 Å². The van der Waals surface area contributed by atoms with E-state index < -0.39 is 0 Å². The van der Waals surface area contributed by atoms with Gasteiger partial charge in [0.25, 0.3) is 0 Å². The molecule has 0 N–H and O–H groups in total. The van der Waals surface area contributed by atoms with Crippen LogP contribution in [-0.4, -0.2) is 25.0 Å². The van der Waals surface area contributed by atoms with Gasteiger partial charge in [-0.25, -0.2) is 0 Å². The Morgan fingerprint density at radius 2 is 2.10 bits per heavy atom. The highest BCUT2D eigenvalue weighted by molar-refractivity contribution is 5.04. The van der Waals surface area contributed by atoms with Gasteiger partial charge in [0.2, 0.25) is 0 Å². The van der Waals surface area contributed by atoms with Crippen LogP contribution in [0.2, 0.25) is 0 Å². The first kappa shape index (κ1) is 6.41. The molecule has 0 amide bonds. The molecule has 1 fully saturated rings. The number of rotatable bonds is 0. The lowest BCUT2D eigenvalue weighted by atomic mass is 9.71. The van der Waals surface area contributed by atoms with E-state index in [0.29, 0.717) is 5.41 Å². The number of allylic oxidation sites excluding steroid dienone is 2. The van der Waals surface area contributed by atoms with Crippen molar-refractivity contribution in [1.29, 1.82) is 0 Å². The second-order valence-electron chi connectivity index (χ2n) is 3.89. The Bertz CT molecular complexity index is 154. The molecule has 2 aliphatic rings. The fourth-order valence-electron chi connectivity index (χ4n) is 2.33. The summed E-state index contributed by atoms with van der Waals surface area (Å²) in [6.45, 7) is 2.66. The molecule has 56 valence electrons. The molecule has 1 heteroatoms. The smallest absolute Gasteiger partial charge is 0.00505 e. The lowest BCUT2D eigenvalue weighted by Crippen LogP contribution is -2.54. The minimum atomic E-state index is 0.712. The molecule has 0 atom stereocenters. The normalized spacial score (nSPS) is 30.5. The van der Waals surface area contributed by atoms with Crippen molar-refractivity contribution < 1.29 is 0 Å². The van der Waals surface area contributed by atoms with Gasteiger partial charge in [-0.1, -0.05) is 12.2 Å². The minimum absolute atomic E-state index is 0.712. The summed E-state index contributed by atoms with van der Waals surface area (Å²) in [5, 5.41) is 0. The zero-order valence-corrected chi connectivity index (χ0v) is 6.64. The van der Waals surface area contributed by atoms with Crippen LogP contribution in [0.4, 0.5) is 0 Å². The van der Waals surface area contributed by atoms with Gasteiger partial charge in [-0.05, 0) is 31.7 Å². The van der Waals surface area contributed by atoms with Crippen molar-refractivity contribution in [1.82, 2.24) is 4.90 Å². The van der Waals surface area contributed by atoms with Gasteiger partial charge in [0, 0.05) is 13.1 Å². The van der Waals surface area contributed by atoms with Gasteiger partial charge in [-0.2, -0.15) is 0 Å². The van der Waals surface area contributed by atoms with Crippen molar-refractivity contribution in [3.8, 4) is 0 Å². The van der Waals surface area contributed by atoms with Gasteiger partial charge < -0.3 is 4.90 Å². The highest BCUT2D eigenvalue weighted by atomic mass is 15.2. The Morgan fingerprint density at radius 3 is 2.60 bits per heavy atom. The van der Waals surface area contributed by atoms with Crippen LogP contribution >= 0.6 is 0 Å². The summed E-state index contributed by atoms with van der Waals surface area (Å²) in [6, 6.07) is 0. The summed E-state index contributed by atoms with van der Waals surface area (Å²) in [4.78, 5) is 2.42. The SMILES string of the molecule is CN1CC2(CC=CCC2)C1. The predicted molar refractivity (Wildman–Crippen MR) is 42.9 cm³/mol.